The van der Waals surface area contributed by atoms with Gasteiger partial charge in [-0.1, -0.05) is 120 Å². The number of thiophene rings is 1. The minimum Gasteiger partial charge on any atom is -0.374 e. The summed E-state index contributed by atoms with van der Waals surface area (Å²) in [7, 11) is -0.877. The average Bonchev–Trinajstić information content (AvgIpc) is 3.74. The standard InChI is InChI=1S/C22H14NOS.C18H15P.Pt/c24-22(21-13-5-11-19(23-21)20-12-6-14-25-20)17-9-3-1-7-15(17)16-8-2-4-10-18(16)22;1-4-10-16(11-5-1)19(17-12-6-2-7-13-17)18-14-8-3-9-15-18;/h1-11,13-14,24H;1-15H;/q-1;;/p+1. The predicted octanol–water partition coefficient (Wildman–Crippen LogP) is 8.05. The van der Waals surface area contributed by atoms with Crippen LogP contribution in [0.15, 0.2) is 169 Å². The molecular formula is C40H30NOPPtS. The van der Waals surface area contributed by atoms with Crippen LogP contribution in [0.25, 0.3) is 21.7 Å². The molecule has 7 aromatic rings. The maximum atomic E-state index is 11.8. The van der Waals surface area contributed by atoms with Gasteiger partial charge in [-0.25, -0.2) is 11.3 Å². The summed E-state index contributed by atoms with van der Waals surface area (Å²) in [4.78, 5) is 5.77. The molecule has 0 saturated carbocycles. The number of fused-ring (bicyclic) bond motifs is 3. The van der Waals surface area contributed by atoms with Crippen molar-refractivity contribution in [1.29, 1.82) is 0 Å². The summed E-state index contributed by atoms with van der Waals surface area (Å²) in [6, 6.07) is 59.4. The smallest absolute Gasteiger partial charge is 0.157 e. The van der Waals surface area contributed by atoms with Crippen molar-refractivity contribution in [2.75, 3.05) is 0 Å². The van der Waals surface area contributed by atoms with E-state index in [1.54, 1.807) is 11.3 Å². The summed E-state index contributed by atoms with van der Waals surface area (Å²) >= 11 is 1.60. The third-order valence-electron chi connectivity index (χ3n) is 7.93. The number of benzene rings is 5. The fourth-order valence-electron chi connectivity index (χ4n) is 5.95. The quantitative estimate of drug-likeness (QED) is 0.141. The third-order valence-corrected chi connectivity index (χ3v) is 11.5. The van der Waals surface area contributed by atoms with E-state index in [0.717, 1.165) is 32.8 Å². The van der Waals surface area contributed by atoms with Gasteiger partial charge in [0.15, 0.2) is 5.60 Å². The van der Waals surface area contributed by atoms with Crippen molar-refractivity contribution in [2.24, 2.45) is 0 Å². The topological polar surface area (TPSA) is 33.1 Å². The van der Waals surface area contributed by atoms with Crippen molar-refractivity contribution < 1.29 is 26.2 Å². The molecule has 0 fully saturated rings. The van der Waals surface area contributed by atoms with E-state index >= 15 is 0 Å². The normalized spacial score (nSPS) is 12.3. The van der Waals surface area contributed by atoms with Crippen LogP contribution in [0.1, 0.15) is 16.8 Å². The summed E-state index contributed by atoms with van der Waals surface area (Å²) in [5.74, 6) is 0. The molecule has 0 aliphatic heterocycles. The minimum absolute atomic E-state index is 0. The van der Waals surface area contributed by atoms with Gasteiger partial charge in [0.05, 0.1) is 13.6 Å². The van der Waals surface area contributed by atoms with Crippen LogP contribution in [0, 0.1) is 6.07 Å². The third kappa shape index (κ3) is 6.15. The minimum atomic E-state index is -1.24. The van der Waals surface area contributed by atoms with Gasteiger partial charge in [-0.05, 0) is 59.3 Å². The van der Waals surface area contributed by atoms with Crippen LogP contribution in [0.2, 0.25) is 0 Å². The Hall–Kier alpha value is -3.97. The molecule has 0 unspecified atom stereocenters. The summed E-state index contributed by atoms with van der Waals surface area (Å²) in [5.41, 5.74) is 4.14. The van der Waals surface area contributed by atoms with Crippen molar-refractivity contribution in [3.05, 3.63) is 192 Å². The molecule has 0 spiro atoms. The monoisotopic (exact) mass is 798 g/mol. The van der Waals surface area contributed by atoms with Crippen molar-refractivity contribution in [2.45, 2.75) is 5.60 Å². The zero-order valence-corrected chi connectivity index (χ0v) is 28.4. The van der Waals surface area contributed by atoms with Gasteiger partial charge in [0, 0.05) is 32.2 Å². The van der Waals surface area contributed by atoms with Gasteiger partial charge in [0.1, 0.15) is 15.9 Å². The largest absolute Gasteiger partial charge is 0.374 e. The SMILES string of the molecule is OC1(c2cccc(-c3[c-]ccs3)n2)c2ccccc2-c2ccccc21.[Pt].c1ccc([PH+](c2ccccc2)c2ccccc2)cc1. The summed E-state index contributed by atoms with van der Waals surface area (Å²) in [6.07, 6.45) is 0. The number of nitrogens with zero attached hydrogens (tertiary/aromatic N) is 1. The maximum absolute atomic E-state index is 11.8. The second kappa shape index (κ2) is 14.0. The number of aliphatic hydroxyl groups is 1. The zero-order chi connectivity index (χ0) is 29.8. The van der Waals surface area contributed by atoms with Gasteiger partial charge in [-0.3, -0.25) is 0 Å². The molecule has 2 aromatic heterocycles. The fraction of sp³-hybridized carbons (Fsp3) is 0.0250. The fourth-order valence-corrected chi connectivity index (χ4v) is 9.17. The van der Waals surface area contributed by atoms with Crippen LogP contribution in [0.3, 0.4) is 0 Å². The molecule has 1 N–H and O–H groups in total. The first kappa shape index (κ1) is 31.0. The first-order chi connectivity index (χ1) is 21.7. The van der Waals surface area contributed by atoms with Gasteiger partial charge in [-0.2, -0.15) is 12.1 Å². The van der Waals surface area contributed by atoms with Crippen molar-refractivity contribution >= 4 is 35.2 Å². The van der Waals surface area contributed by atoms with Crippen molar-refractivity contribution in [3.63, 3.8) is 0 Å². The van der Waals surface area contributed by atoms with Crippen LogP contribution in [0.5, 0.6) is 0 Å². The Morgan fingerprint density at radius 2 is 1.02 bits per heavy atom. The number of hydrogen-bond acceptors (Lipinski definition) is 3. The van der Waals surface area contributed by atoms with E-state index in [9.17, 15) is 5.11 Å². The Labute approximate surface area is 284 Å². The van der Waals surface area contributed by atoms with Crippen LogP contribution < -0.4 is 15.9 Å². The van der Waals surface area contributed by atoms with E-state index in [-0.39, 0.29) is 21.1 Å². The molecule has 5 heteroatoms. The molecule has 222 valence electrons. The second-order valence-electron chi connectivity index (χ2n) is 10.6. The zero-order valence-electron chi connectivity index (χ0n) is 24.3. The molecule has 1 aliphatic rings. The molecule has 0 radical (unpaired) electrons. The van der Waals surface area contributed by atoms with Crippen LogP contribution in [0.4, 0.5) is 0 Å². The average molecular weight is 799 g/mol. The Morgan fingerprint density at radius 1 is 0.556 bits per heavy atom. The Bertz CT molecular complexity index is 1840. The van der Waals surface area contributed by atoms with Crippen LogP contribution >= 0.6 is 19.3 Å². The van der Waals surface area contributed by atoms with Gasteiger partial charge < -0.3 is 10.1 Å². The van der Waals surface area contributed by atoms with E-state index in [1.807, 2.05) is 66.0 Å². The van der Waals surface area contributed by atoms with Gasteiger partial charge in [0.2, 0.25) is 0 Å². The molecule has 0 saturated heterocycles. The van der Waals surface area contributed by atoms with Crippen LogP contribution in [-0.2, 0) is 26.7 Å². The van der Waals surface area contributed by atoms with Crippen molar-refractivity contribution in [3.8, 4) is 21.7 Å². The molecule has 1 aliphatic carbocycles. The predicted molar refractivity (Wildman–Crippen MR) is 187 cm³/mol. The van der Waals surface area contributed by atoms with Gasteiger partial charge in [0.25, 0.3) is 0 Å². The summed E-state index contributed by atoms with van der Waals surface area (Å²) in [5, 5.41) is 18.1. The number of pyridine rings is 1. The molecular weight excluding hydrogens is 769 g/mol. The molecule has 0 atom stereocenters. The molecule has 0 bridgehead atoms. The molecule has 45 heavy (non-hydrogen) atoms. The van der Waals surface area contributed by atoms with E-state index in [4.69, 9.17) is 4.98 Å². The van der Waals surface area contributed by atoms with Crippen molar-refractivity contribution in [1.82, 2.24) is 4.98 Å². The molecule has 2 nitrogen and oxygen atoms in total. The Morgan fingerprint density at radius 3 is 1.49 bits per heavy atom. The summed E-state index contributed by atoms with van der Waals surface area (Å²) < 4.78 is 0. The molecule has 8 rings (SSSR count). The van der Waals surface area contributed by atoms with Gasteiger partial charge >= 0.3 is 0 Å². The molecule has 2 heterocycles. The van der Waals surface area contributed by atoms with E-state index in [1.165, 1.54) is 15.9 Å². The first-order valence-electron chi connectivity index (χ1n) is 14.6. The Kier molecular flexibility index (Phi) is 9.64. The number of hydrogen-bond donors (Lipinski definition) is 1. The number of rotatable bonds is 5. The first-order valence-corrected chi connectivity index (χ1v) is 17.0. The summed E-state index contributed by atoms with van der Waals surface area (Å²) in [6.45, 7) is 0. The van der Waals surface area contributed by atoms with Gasteiger partial charge in [-0.15, -0.1) is 5.38 Å². The van der Waals surface area contributed by atoms with E-state index < -0.39 is 13.5 Å². The second-order valence-corrected chi connectivity index (χ2v) is 14.0. The van der Waals surface area contributed by atoms with E-state index in [0.29, 0.717) is 5.69 Å². The molecule has 0 amide bonds. The Balaban J connectivity index is 0.000000161. The molecule has 5 aromatic carbocycles. The van der Waals surface area contributed by atoms with Crippen LogP contribution in [-0.4, -0.2) is 10.1 Å². The maximum Gasteiger partial charge on any atom is 0.157 e. The van der Waals surface area contributed by atoms with E-state index in [2.05, 4.69) is 109 Å². The number of aromatic nitrogens is 1.